The molecule has 0 amide bonds. The van der Waals surface area contributed by atoms with Crippen molar-refractivity contribution in [2.75, 3.05) is 19.8 Å². The van der Waals surface area contributed by atoms with Crippen molar-refractivity contribution in [3.8, 4) is 0 Å². The standard InChI is InChI=1S/C27H34F6N6O3S/c1-14(2)39-24-15(13-34-26(36-24)35-16-5-7-17(8-6-16)38(3)4)11-19(25(39)40)18-12-20(28)23(22(30)21(18)29)37-43(41,42)10-9-27(31,32)33/h11,14,16-17,37H,5-10,12-13H2,1-4H3,(H,34,35). The van der Waals surface area contributed by atoms with Crippen LogP contribution in [-0.2, 0) is 16.6 Å². The molecule has 0 aromatic carbocycles. The first-order valence-corrected chi connectivity index (χ1v) is 15.5. The van der Waals surface area contributed by atoms with Gasteiger partial charge in [0.1, 0.15) is 17.0 Å². The Morgan fingerprint density at radius 2 is 1.74 bits per heavy atom. The van der Waals surface area contributed by atoms with Crippen LogP contribution in [0.15, 0.2) is 44.0 Å². The van der Waals surface area contributed by atoms with Crippen molar-refractivity contribution in [3.05, 3.63) is 55.9 Å². The van der Waals surface area contributed by atoms with Crippen LogP contribution in [0.1, 0.15) is 64.0 Å². The molecule has 1 fully saturated rings. The number of fused-ring (bicyclic) bond motifs is 1. The van der Waals surface area contributed by atoms with Crippen LogP contribution in [0.4, 0.5) is 26.3 Å². The Bertz CT molecular complexity index is 1650. The normalized spacial score (nSPS) is 22.9. The molecule has 1 aromatic heterocycles. The van der Waals surface area contributed by atoms with Crippen LogP contribution in [-0.4, -0.2) is 62.0 Å². The second-order valence-electron chi connectivity index (χ2n) is 11.4. The van der Waals surface area contributed by atoms with E-state index in [1.54, 1.807) is 13.8 Å². The van der Waals surface area contributed by atoms with E-state index in [0.717, 1.165) is 25.7 Å². The van der Waals surface area contributed by atoms with E-state index in [0.29, 0.717) is 17.6 Å². The van der Waals surface area contributed by atoms with E-state index in [1.165, 1.54) is 15.4 Å². The highest BCUT2D eigenvalue weighted by Gasteiger charge is 2.34. The van der Waals surface area contributed by atoms with Crippen LogP contribution in [0.3, 0.4) is 0 Å². The fourth-order valence-corrected chi connectivity index (χ4v) is 6.48. The molecule has 16 heteroatoms. The number of hydrogen-bond acceptors (Lipinski definition) is 7. The van der Waals surface area contributed by atoms with E-state index in [9.17, 15) is 35.2 Å². The SMILES string of the molecule is CC(C)n1c2c(cc(=C3CC(F)=C(NS(=O)(=O)CCC(F)(F)F)C(F)=C3F)c1=O)CN=C(NC1CCC(N(C)C)CC1)N=2. The number of sulfonamides is 1. The number of pyridine rings is 1. The summed E-state index contributed by atoms with van der Waals surface area (Å²) in [5, 5.41) is 2.97. The number of nitrogens with zero attached hydrogens (tertiary/aromatic N) is 4. The predicted octanol–water partition coefficient (Wildman–Crippen LogP) is 3.14. The van der Waals surface area contributed by atoms with Crippen molar-refractivity contribution < 1.29 is 34.8 Å². The second kappa shape index (κ2) is 12.5. The first kappa shape index (κ1) is 32.8. The number of alkyl halides is 3. The molecule has 0 spiro atoms. The van der Waals surface area contributed by atoms with Gasteiger partial charge in [-0.05, 0) is 59.7 Å². The van der Waals surface area contributed by atoms with Crippen molar-refractivity contribution in [1.29, 1.82) is 0 Å². The summed E-state index contributed by atoms with van der Waals surface area (Å²) in [7, 11) is -0.773. The maximum atomic E-state index is 15.3. The number of rotatable bonds is 7. The van der Waals surface area contributed by atoms with E-state index in [1.807, 2.05) is 14.1 Å². The highest BCUT2D eigenvalue weighted by Crippen LogP contribution is 2.36. The summed E-state index contributed by atoms with van der Waals surface area (Å²) in [5.41, 5.74) is -2.18. The number of aromatic nitrogens is 1. The molecule has 0 saturated heterocycles. The van der Waals surface area contributed by atoms with Crippen molar-refractivity contribution >= 4 is 21.6 Å². The summed E-state index contributed by atoms with van der Waals surface area (Å²) in [6.45, 7) is 3.43. The molecule has 2 N–H and O–H groups in total. The Kier molecular flexibility index (Phi) is 9.50. The van der Waals surface area contributed by atoms with Gasteiger partial charge in [-0.3, -0.25) is 14.1 Å². The maximum absolute atomic E-state index is 15.3. The van der Waals surface area contributed by atoms with Crippen LogP contribution in [0.5, 0.6) is 0 Å². The number of halogens is 6. The lowest BCUT2D eigenvalue weighted by Crippen LogP contribution is -2.49. The van der Waals surface area contributed by atoms with Gasteiger partial charge in [0.05, 0.1) is 18.7 Å². The van der Waals surface area contributed by atoms with E-state index >= 15 is 4.39 Å². The second-order valence-corrected chi connectivity index (χ2v) is 13.2. The Morgan fingerprint density at radius 3 is 2.33 bits per heavy atom. The number of guanidine groups is 1. The summed E-state index contributed by atoms with van der Waals surface area (Å²) in [6.07, 6.45) is -3.78. The molecule has 4 rings (SSSR count). The van der Waals surface area contributed by atoms with Crippen molar-refractivity contribution in [2.45, 2.75) is 83.2 Å². The Hall–Kier alpha value is -3.14. The van der Waals surface area contributed by atoms with Crippen LogP contribution >= 0.6 is 0 Å². The molecule has 2 heterocycles. The number of allylic oxidation sites excluding steroid dienone is 3. The molecule has 0 bridgehead atoms. The lowest BCUT2D eigenvalue weighted by Gasteiger charge is -2.33. The lowest BCUT2D eigenvalue weighted by molar-refractivity contribution is -0.129. The molecule has 238 valence electrons. The Balaban J connectivity index is 1.68. The molecule has 43 heavy (non-hydrogen) atoms. The van der Waals surface area contributed by atoms with Gasteiger partial charge in [0.2, 0.25) is 16.0 Å². The number of nitrogens with one attached hydrogen (secondary N) is 2. The van der Waals surface area contributed by atoms with Crippen LogP contribution in [0, 0.1) is 0 Å². The van der Waals surface area contributed by atoms with Gasteiger partial charge in [-0.15, -0.1) is 0 Å². The summed E-state index contributed by atoms with van der Waals surface area (Å²) in [6, 6.07) is 1.41. The zero-order valence-corrected chi connectivity index (χ0v) is 25.0. The molecular formula is C27H34F6N6O3S. The van der Waals surface area contributed by atoms with Crippen LogP contribution < -0.4 is 26.3 Å². The quantitative estimate of drug-likeness (QED) is 0.448. The van der Waals surface area contributed by atoms with E-state index in [2.05, 4.69) is 20.2 Å². The summed E-state index contributed by atoms with van der Waals surface area (Å²) >= 11 is 0. The van der Waals surface area contributed by atoms with Gasteiger partial charge < -0.3 is 10.2 Å². The van der Waals surface area contributed by atoms with Gasteiger partial charge in [0, 0.05) is 40.9 Å². The fraction of sp³-hybridized carbons (Fsp3) is 0.593. The topological polar surface area (TPSA) is 108 Å². The first-order valence-electron chi connectivity index (χ1n) is 13.8. The molecule has 3 aliphatic rings. The van der Waals surface area contributed by atoms with Crippen molar-refractivity contribution in [3.63, 3.8) is 0 Å². The highest BCUT2D eigenvalue weighted by atomic mass is 32.2. The summed E-state index contributed by atoms with van der Waals surface area (Å²) in [4.78, 5) is 24.8. The summed E-state index contributed by atoms with van der Waals surface area (Å²) < 4.78 is 109. The molecule has 9 nitrogen and oxygen atoms in total. The minimum absolute atomic E-state index is 0.0535. The van der Waals surface area contributed by atoms with Gasteiger partial charge in [-0.1, -0.05) is 0 Å². The molecule has 1 saturated carbocycles. The predicted molar refractivity (Wildman–Crippen MR) is 149 cm³/mol. The Morgan fingerprint density at radius 1 is 1.09 bits per heavy atom. The monoisotopic (exact) mass is 636 g/mol. The van der Waals surface area contributed by atoms with Crippen molar-refractivity contribution in [1.82, 2.24) is 19.5 Å². The minimum Gasteiger partial charge on any atom is -0.352 e. The third-order valence-corrected chi connectivity index (χ3v) is 8.94. The van der Waals surface area contributed by atoms with Crippen LogP contribution in [0.2, 0.25) is 0 Å². The third-order valence-electron chi connectivity index (χ3n) is 7.69. The average Bonchev–Trinajstić information content (AvgIpc) is 2.91. The largest absolute Gasteiger partial charge is 0.390 e. The van der Waals surface area contributed by atoms with Gasteiger partial charge in [0.25, 0.3) is 5.56 Å². The molecule has 2 aliphatic carbocycles. The van der Waals surface area contributed by atoms with Gasteiger partial charge >= 0.3 is 6.18 Å². The Labute approximate surface area is 244 Å². The maximum Gasteiger partial charge on any atom is 0.390 e. The lowest BCUT2D eigenvalue weighted by atomic mass is 9.90. The smallest absolute Gasteiger partial charge is 0.352 e. The molecule has 0 atom stereocenters. The zero-order valence-electron chi connectivity index (χ0n) is 24.2. The van der Waals surface area contributed by atoms with E-state index in [4.69, 9.17) is 0 Å². The molecule has 0 unspecified atom stereocenters. The number of hydrogen-bond donors (Lipinski definition) is 2. The molecule has 0 radical (unpaired) electrons. The number of aliphatic imine (C=N–C) groups is 1. The van der Waals surface area contributed by atoms with Gasteiger partial charge in [0.15, 0.2) is 11.7 Å². The molecular weight excluding hydrogens is 602 g/mol. The third kappa shape index (κ3) is 7.51. The summed E-state index contributed by atoms with van der Waals surface area (Å²) in [5.74, 6) is -6.33. The van der Waals surface area contributed by atoms with Crippen molar-refractivity contribution in [2.24, 2.45) is 9.98 Å². The highest BCUT2D eigenvalue weighted by molar-refractivity contribution is 7.89. The van der Waals surface area contributed by atoms with Gasteiger partial charge in [-0.2, -0.15) is 18.2 Å². The van der Waals surface area contributed by atoms with E-state index < -0.39 is 75.1 Å². The van der Waals surface area contributed by atoms with Gasteiger partial charge in [-0.25, -0.2) is 26.6 Å². The van der Waals surface area contributed by atoms with Crippen LogP contribution in [0.25, 0.3) is 5.57 Å². The zero-order chi connectivity index (χ0) is 31.9. The van der Waals surface area contributed by atoms with E-state index in [-0.39, 0.29) is 23.3 Å². The first-order chi connectivity index (χ1) is 20.0. The molecule has 1 aromatic rings. The minimum atomic E-state index is -4.87. The fourth-order valence-electron chi connectivity index (χ4n) is 5.36. The molecule has 1 aliphatic heterocycles. The average molecular weight is 637 g/mol.